The van der Waals surface area contributed by atoms with Crippen molar-refractivity contribution >= 4 is 17.7 Å². The summed E-state index contributed by atoms with van der Waals surface area (Å²) in [5.41, 5.74) is 3.49. The Balaban J connectivity index is 1.30. The van der Waals surface area contributed by atoms with E-state index in [9.17, 15) is 20.1 Å². The lowest BCUT2D eigenvalue weighted by Gasteiger charge is -2.40. The third-order valence-electron chi connectivity index (χ3n) is 7.48. The highest BCUT2D eigenvalue weighted by Gasteiger charge is 2.44. The van der Waals surface area contributed by atoms with Gasteiger partial charge in [-0.3, -0.25) is 4.79 Å². The number of ether oxygens (including phenoxy) is 2. The van der Waals surface area contributed by atoms with Crippen LogP contribution >= 0.6 is 11.8 Å². The summed E-state index contributed by atoms with van der Waals surface area (Å²) < 4.78 is 11.8. The first-order chi connectivity index (χ1) is 18.3. The minimum Gasteiger partial charge on any atom is -0.494 e. The normalized spacial score (nSPS) is 26.4. The monoisotopic (exact) mass is 544 g/mol. The summed E-state index contributed by atoms with van der Waals surface area (Å²) in [5.74, 6) is 0.983. The first kappa shape index (κ1) is 28.9. The molecule has 4 rings (SSSR count). The number of hydrogen-bond donors (Lipinski definition) is 3. The Hall–Kier alpha value is -2.14. The third kappa shape index (κ3) is 7.08. The van der Waals surface area contributed by atoms with Crippen LogP contribution in [0.25, 0.3) is 0 Å². The van der Waals surface area contributed by atoms with Crippen LogP contribution < -0.4 is 4.74 Å². The molecule has 0 spiro atoms. The third-order valence-corrected chi connectivity index (χ3v) is 8.34. The Kier molecular flexibility index (Phi) is 10.1. The minimum atomic E-state index is -1.27. The number of aryl methyl sites for hydroxylation is 1. The van der Waals surface area contributed by atoms with E-state index < -0.39 is 29.9 Å². The molecule has 2 saturated heterocycles. The Bertz CT molecular complexity index is 1060. The van der Waals surface area contributed by atoms with Crippen LogP contribution in [0, 0.1) is 6.92 Å². The number of hydrogen-bond acceptors (Lipinski definition) is 8. The van der Waals surface area contributed by atoms with Gasteiger partial charge >= 0.3 is 0 Å². The van der Waals surface area contributed by atoms with Crippen LogP contribution in [0.4, 0.5) is 0 Å². The molecule has 9 heteroatoms. The van der Waals surface area contributed by atoms with Crippen molar-refractivity contribution in [3.63, 3.8) is 0 Å². The fraction of sp³-hybridized carbons (Fsp3) is 0.552. The van der Waals surface area contributed by atoms with Gasteiger partial charge in [-0.05, 0) is 67.5 Å². The molecule has 2 heterocycles. The number of rotatable bonds is 9. The molecular formula is C29H40N2O6S. The van der Waals surface area contributed by atoms with Crippen molar-refractivity contribution in [2.24, 2.45) is 0 Å². The average molecular weight is 545 g/mol. The molecule has 208 valence electrons. The second-order valence-corrected chi connectivity index (χ2v) is 11.2. The number of benzene rings is 2. The van der Waals surface area contributed by atoms with E-state index in [1.807, 2.05) is 54.3 Å². The van der Waals surface area contributed by atoms with E-state index in [4.69, 9.17) is 9.47 Å². The van der Waals surface area contributed by atoms with Gasteiger partial charge < -0.3 is 34.6 Å². The molecule has 8 nitrogen and oxygen atoms in total. The van der Waals surface area contributed by atoms with E-state index in [2.05, 4.69) is 11.9 Å². The lowest BCUT2D eigenvalue weighted by Crippen LogP contribution is -2.52. The van der Waals surface area contributed by atoms with Crippen LogP contribution in [0.2, 0.25) is 0 Å². The molecule has 0 aliphatic carbocycles. The highest BCUT2D eigenvalue weighted by molar-refractivity contribution is 7.99. The molecule has 0 saturated carbocycles. The smallest absolute Gasteiger partial charge is 0.222 e. The maximum Gasteiger partial charge on any atom is 0.222 e. The summed E-state index contributed by atoms with van der Waals surface area (Å²) in [6.07, 6.45) is -0.646. The number of thioether (sulfide) groups is 1. The second kappa shape index (κ2) is 13.3. The zero-order chi connectivity index (χ0) is 27.2. The summed E-state index contributed by atoms with van der Waals surface area (Å²) in [5, 5.41) is 31.0. The quantitative estimate of drug-likeness (QED) is 0.414. The van der Waals surface area contributed by atoms with Gasteiger partial charge in [0.2, 0.25) is 5.91 Å². The Labute approximate surface area is 229 Å². The summed E-state index contributed by atoms with van der Waals surface area (Å²) >= 11 is 1.31. The van der Waals surface area contributed by atoms with Crippen LogP contribution in [-0.4, -0.2) is 101 Å². The minimum absolute atomic E-state index is 0.204. The van der Waals surface area contributed by atoms with E-state index >= 15 is 0 Å². The molecule has 2 aromatic carbocycles. The van der Waals surface area contributed by atoms with Gasteiger partial charge in [0.1, 0.15) is 35.6 Å². The van der Waals surface area contributed by atoms with Crippen LogP contribution in [0.1, 0.15) is 41.2 Å². The molecule has 2 aliphatic heterocycles. The molecule has 3 N–H and O–H groups in total. The summed E-state index contributed by atoms with van der Waals surface area (Å²) in [6, 6.07) is 13.9. The van der Waals surface area contributed by atoms with Gasteiger partial charge in [0, 0.05) is 32.6 Å². The first-order valence-electron chi connectivity index (χ1n) is 13.3. The van der Waals surface area contributed by atoms with Crippen molar-refractivity contribution in [2.45, 2.75) is 56.0 Å². The number of carbonyl (C=O) groups excluding carboxylic acids is 1. The fourth-order valence-electron chi connectivity index (χ4n) is 4.93. The zero-order valence-electron chi connectivity index (χ0n) is 22.5. The number of piperazine rings is 1. The summed E-state index contributed by atoms with van der Waals surface area (Å²) in [6.45, 7) is 6.01. The molecule has 5 atom stereocenters. The lowest BCUT2D eigenvalue weighted by atomic mass is 9.91. The van der Waals surface area contributed by atoms with Gasteiger partial charge in [0.15, 0.2) is 0 Å². The molecule has 0 radical (unpaired) electrons. The van der Waals surface area contributed by atoms with Crippen molar-refractivity contribution in [2.75, 3.05) is 46.1 Å². The van der Waals surface area contributed by atoms with Gasteiger partial charge in [-0.25, -0.2) is 0 Å². The van der Waals surface area contributed by atoms with Crippen LogP contribution in [0.3, 0.4) is 0 Å². The maximum atomic E-state index is 12.4. The van der Waals surface area contributed by atoms with E-state index in [1.165, 1.54) is 11.8 Å². The Morgan fingerprint density at radius 1 is 1.03 bits per heavy atom. The van der Waals surface area contributed by atoms with Gasteiger partial charge in [-0.1, -0.05) is 30.3 Å². The number of nitrogens with zero attached hydrogens (tertiary/aromatic N) is 2. The molecule has 38 heavy (non-hydrogen) atoms. The van der Waals surface area contributed by atoms with Crippen molar-refractivity contribution in [3.8, 4) is 5.75 Å². The standard InChI is InChI=1S/C29H40N2O6S/c1-19-6-9-21(28-26(34)25(33)27(35)29(37-28)38-3)18-22(19)17-20-7-10-23(11-8-20)36-16-4-5-24(32)31-14-12-30(2)13-15-31/h6-11,18,25-29,33-35H,4-5,12-17H2,1-3H3/t25-,26-,27+,28+,29-/m1/s1. The van der Waals surface area contributed by atoms with Crippen molar-refractivity contribution < 1.29 is 29.6 Å². The van der Waals surface area contributed by atoms with Crippen LogP contribution in [-0.2, 0) is 16.0 Å². The van der Waals surface area contributed by atoms with Gasteiger partial charge in [-0.15, -0.1) is 11.8 Å². The van der Waals surface area contributed by atoms with Crippen molar-refractivity contribution in [3.05, 3.63) is 64.7 Å². The van der Waals surface area contributed by atoms with Gasteiger partial charge in [-0.2, -0.15) is 0 Å². The molecule has 2 aliphatic rings. The average Bonchev–Trinajstić information content (AvgIpc) is 2.92. The fourth-order valence-corrected chi connectivity index (χ4v) is 5.60. The molecule has 0 aromatic heterocycles. The summed E-state index contributed by atoms with van der Waals surface area (Å²) in [4.78, 5) is 16.6. The molecular weight excluding hydrogens is 504 g/mol. The largest absolute Gasteiger partial charge is 0.494 e. The van der Waals surface area contributed by atoms with E-state index in [1.54, 1.807) is 6.26 Å². The number of aliphatic hydroxyl groups is 3. The second-order valence-electron chi connectivity index (χ2n) is 10.3. The molecule has 0 bridgehead atoms. The van der Waals surface area contributed by atoms with Crippen molar-refractivity contribution in [1.82, 2.24) is 9.80 Å². The summed E-state index contributed by atoms with van der Waals surface area (Å²) in [7, 11) is 2.08. The molecule has 0 unspecified atom stereocenters. The highest BCUT2D eigenvalue weighted by atomic mass is 32.2. The van der Waals surface area contributed by atoms with E-state index in [0.29, 0.717) is 25.9 Å². The predicted molar refractivity (Wildman–Crippen MR) is 148 cm³/mol. The molecule has 2 aromatic rings. The lowest BCUT2D eigenvalue weighted by molar-refractivity contribution is -0.200. The Morgan fingerprint density at radius 3 is 2.42 bits per heavy atom. The highest BCUT2D eigenvalue weighted by Crippen LogP contribution is 2.36. The van der Waals surface area contributed by atoms with Crippen LogP contribution in [0.5, 0.6) is 5.75 Å². The van der Waals surface area contributed by atoms with Crippen molar-refractivity contribution in [1.29, 1.82) is 0 Å². The predicted octanol–water partition coefficient (Wildman–Crippen LogP) is 2.36. The van der Waals surface area contributed by atoms with Crippen LogP contribution in [0.15, 0.2) is 42.5 Å². The molecule has 2 fully saturated rings. The number of likely N-dealkylation sites (N-methyl/N-ethyl adjacent to an activating group) is 1. The number of aliphatic hydroxyl groups excluding tert-OH is 3. The van der Waals surface area contributed by atoms with Gasteiger partial charge in [0.25, 0.3) is 0 Å². The Morgan fingerprint density at radius 2 is 1.74 bits per heavy atom. The SMILES string of the molecule is CS[C@H]1O[C@@H](c2ccc(C)c(Cc3ccc(OCCCC(=O)N4CCN(C)CC4)cc3)c2)[C@H](O)[C@@H](O)[C@@H]1O. The zero-order valence-corrected chi connectivity index (χ0v) is 23.3. The van der Waals surface area contributed by atoms with Gasteiger partial charge in [0.05, 0.1) is 6.61 Å². The topological polar surface area (TPSA) is 103 Å². The number of amides is 1. The maximum absolute atomic E-state index is 12.4. The van der Waals surface area contributed by atoms with E-state index in [0.717, 1.165) is 54.2 Å². The number of carbonyl (C=O) groups is 1. The molecule has 1 amide bonds. The first-order valence-corrected chi connectivity index (χ1v) is 14.6. The van der Waals surface area contributed by atoms with E-state index in [-0.39, 0.29) is 5.91 Å².